The van der Waals surface area contributed by atoms with E-state index in [0.29, 0.717) is 0 Å². The maximum absolute atomic E-state index is 11.9. The Morgan fingerprint density at radius 1 is 0.950 bits per heavy atom. The monoisotopic (exact) mass is 265 g/mol. The van der Waals surface area contributed by atoms with Crippen LogP contribution >= 0.6 is 0 Å². The van der Waals surface area contributed by atoms with E-state index >= 15 is 0 Å². The van der Waals surface area contributed by atoms with Crippen molar-refractivity contribution >= 4 is 17.7 Å². The second kappa shape index (κ2) is 6.20. The maximum Gasteiger partial charge on any atom is 0.248 e. The summed E-state index contributed by atoms with van der Waals surface area (Å²) in [6.45, 7) is 6.04. The summed E-state index contributed by atoms with van der Waals surface area (Å²) >= 11 is 0. The van der Waals surface area contributed by atoms with Crippen LogP contribution in [0.3, 0.4) is 0 Å². The third-order valence-electron chi connectivity index (χ3n) is 3.16. The molecule has 0 heterocycles. The first kappa shape index (κ1) is 14.1. The van der Waals surface area contributed by atoms with Crippen LogP contribution in [0.2, 0.25) is 0 Å². The minimum Gasteiger partial charge on any atom is -0.322 e. The van der Waals surface area contributed by atoms with Crippen LogP contribution in [0.25, 0.3) is 6.08 Å². The molecule has 0 aromatic heterocycles. The minimum absolute atomic E-state index is 0.112. The van der Waals surface area contributed by atoms with E-state index in [-0.39, 0.29) is 5.91 Å². The summed E-state index contributed by atoms with van der Waals surface area (Å²) in [7, 11) is 0. The Balaban J connectivity index is 2.05. The van der Waals surface area contributed by atoms with Crippen molar-refractivity contribution < 1.29 is 4.79 Å². The van der Waals surface area contributed by atoms with Crippen LogP contribution in [0, 0.1) is 20.8 Å². The summed E-state index contributed by atoms with van der Waals surface area (Å²) in [6.07, 6.45) is 3.38. The molecule has 2 aromatic rings. The van der Waals surface area contributed by atoms with Gasteiger partial charge in [-0.1, -0.05) is 42.0 Å². The van der Waals surface area contributed by atoms with E-state index in [0.717, 1.165) is 22.4 Å². The van der Waals surface area contributed by atoms with Crippen molar-refractivity contribution in [2.75, 3.05) is 5.32 Å². The molecule has 0 aliphatic rings. The molecule has 2 nitrogen and oxygen atoms in total. The molecule has 2 aromatic carbocycles. The van der Waals surface area contributed by atoms with E-state index in [1.165, 1.54) is 5.56 Å². The van der Waals surface area contributed by atoms with Gasteiger partial charge in [0, 0.05) is 11.8 Å². The number of rotatable bonds is 3. The van der Waals surface area contributed by atoms with Gasteiger partial charge in [0.2, 0.25) is 5.91 Å². The highest BCUT2D eigenvalue weighted by Crippen LogP contribution is 2.16. The van der Waals surface area contributed by atoms with Crippen molar-refractivity contribution in [1.82, 2.24) is 0 Å². The summed E-state index contributed by atoms with van der Waals surface area (Å²) in [6, 6.07) is 14.1. The molecule has 2 heteroatoms. The van der Waals surface area contributed by atoms with Gasteiger partial charge in [-0.15, -0.1) is 0 Å². The van der Waals surface area contributed by atoms with Crippen LogP contribution in [0.1, 0.15) is 22.3 Å². The fourth-order valence-corrected chi connectivity index (χ4v) is 1.89. The summed E-state index contributed by atoms with van der Waals surface area (Å²) in [4.78, 5) is 11.9. The largest absolute Gasteiger partial charge is 0.322 e. The van der Waals surface area contributed by atoms with Crippen LogP contribution in [0.4, 0.5) is 5.69 Å². The summed E-state index contributed by atoms with van der Waals surface area (Å²) in [5, 5.41) is 2.91. The molecule has 0 aliphatic carbocycles. The van der Waals surface area contributed by atoms with Crippen LogP contribution in [0.5, 0.6) is 0 Å². The average Bonchev–Trinajstić information content (AvgIpc) is 2.42. The lowest BCUT2D eigenvalue weighted by Crippen LogP contribution is -2.09. The number of amides is 1. The molecule has 0 unspecified atom stereocenters. The van der Waals surface area contributed by atoms with Gasteiger partial charge in [-0.3, -0.25) is 4.79 Å². The molecule has 0 saturated heterocycles. The molecule has 0 bridgehead atoms. The third kappa shape index (κ3) is 3.82. The topological polar surface area (TPSA) is 29.1 Å². The Labute approximate surface area is 120 Å². The summed E-state index contributed by atoms with van der Waals surface area (Å²) in [5.74, 6) is -0.112. The number of aryl methyl sites for hydroxylation is 3. The highest BCUT2D eigenvalue weighted by atomic mass is 16.1. The van der Waals surface area contributed by atoms with E-state index in [4.69, 9.17) is 0 Å². The van der Waals surface area contributed by atoms with Crippen molar-refractivity contribution in [3.8, 4) is 0 Å². The smallest absolute Gasteiger partial charge is 0.248 e. The zero-order chi connectivity index (χ0) is 14.5. The van der Waals surface area contributed by atoms with Gasteiger partial charge in [0.1, 0.15) is 0 Å². The SMILES string of the molecule is Cc1ccc(C=CC(=O)Nc2cc(C)ccc2C)cc1. The Morgan fingerprint density at radius 2 is 1.60 bits per heavy atom. The fourth-order valence-electron chi connectivity index (χ4n) is 1.89. The van der Waals surface area contributed by atoms with Gasteiger partial charge in [-0.05, 0) is 49.6 Å². The minimum atomic E-state index is -0.112. The fraction of sp³-hybridized carbons (Fsp3) is 0.167. The highest BCUT2D eigenvalue weighted by molar-refractivity contribution is 6.02. The molecule has 0 fully saturated rings. The first-order chi connectivity index (χ1) is 9.54. The highest BCUT2D eigenvalue weighted by Gasteiger charge is 2.01. The molecule has 102 valence electrons. The molecule has 0 aliphatic heterocycles. The molecule has 0 atom stereocenters. The molecule has 2 rings (SSSR count). The molecule has 0 spiro atoms. The first-order valence-electron chi connectivity index (χ1n) is 6.67. The second-order valence-electron chi connectivity index (χ2n) is 5.05. The molecule has 0 radical (unpaired) electrons. The van der Waals surface area contributed by atoms with E-state index in [9.17, 15) is 4.79 Å². The predicted molar refractivity (Wildman–Crippen MR) is 84.8 cm³/mol. The van der Waals surface area contributed by atoms with Gasteiger partial charge in [0.25, 0.3) is 0 Å². The lowest BCUT2D eigenvalue weighted by molar-refractivity contribution is -0.111. The molecular weight excluding hydrogens is 246 g/mol. The van der Waals surface area contributed by atoms with Crippen molar-refractivity contribution in [2.45, 2.75) is 20.8 Å². The zero-order valence-electron chi connectivity index (χ0n) is 12.1. The number of carbonyl (C=O) groups excluding carboxylic acids is 1. The molecule has 0 saturated carbocycles. The van der Waals surface area contributed by atoms with Crippen LogP contribution in [-0.4, -0.2) is 5.91 Å². The van der Waals surface area contributed by atoms with Crippen molar-refractivity contribution in [3.63, 3.8) is 0 Å². The number of carbonyl (C=O) groups is 1. The molecule has 1 amide bonds. The number of hydrogen-bond acceptors (Lipinski definition) is 1. The van der Waals surface area contributed by atoms with Crippen LogP contribution in [0.15, 0.2) is 48.5 Å². The average molecular weight is 265 g/mol. The number of nitrogens with one attached hydrogen (secondary N) is 1. The second-order valence-corrected chi connectivity index (χ2v) is 5.05. The lowest BCUT2D eigenvalue weighted by Gasteiger charge is -2.07. The Hall–Kier alpha value is -2.35. The number of anilines is 1. The van der Waals surface area contributed by atoms with E-state index in [1.54, 1.807) is 6.08 Å². The molecule has 20 heavy (non-hydrogen) atoms. The first-order valence-corrected chi connectivity index (χ1v) is 6.67. The van der Waals surface area contributed by atoms with Gasteiger partial charge in [-0.2, -0.15) is 0 Å². The predicted octanol–water partition coefficient (Wildman–Crippen LogP) is 4.26. The quantitative estimate of drug-likeness (QED) is 0.825. The van der Waals surface area contributed by atoms with Gasteiger partial charge in [-0.25, -0.2) is 0 Å². The lowest BCUT2D eigenvalue weighted by atomic mass is 10.1. The van der Waals surface area contributed by atoms with Crippen molar-refractivity contribution in [1.29, 1.82) is 0 Å². The number of benzene rings is 2. The number of hydrogen-bond donors (Lipinski definition) is 1. The van der Waals surface area contributed by atoms with E-state index < -0.39 is 0 Å². The van der Waals surface area contributed by atoms with Crippen LogP contribution < -0.4 is 5.32 Å². The Kier molecular flexibility index (Phi) is 4.36. The van der Waals surface area contributed by atoms with E-state index in [2.05, 4.69) is 5.32 Å². The molecule has 1 N–H and O–H groups in total. The summed E-state index contributed by atoms with van der Waals surface area (Å²) < 4.78 is 0. The molecular formula is C18H19NO. The van der Waals surface area contributed by atoms with E-state index in [1.807, 2.05) is 69.3 Å². The standard InChI is InChI=1S/C18H19NO/c1-13-5-8-16(9-6-13)10-11-18(20)19-17-12-14(2)4-7-15(17)3/h4-12H,1-3H3,(H,19,20). The van der Waals surface area contributed by atoms with Gasteiger partial charge in [0.05, 0.1) is 0 Å². The third-order valence-corrected chi connectivity index (χ3v) is 3.16. The Morgan fingerprint density at radius 3 is 2.30 bits per heavy atom. The summed E-state index contributed by atoms with van der Waals surface area (Å²) in [5.41, 5.74) is 5.29. The van der Waals surface area contributed by atoms with Crippen LogP contribution in [-0.2, 0) is 4.79 Å². The zero-order valence-corrected chi connectivity index (χ0v) is 12.1. The van der Waals surface area contributed by atoms with Crippen molar-refractivity contribution in [2.24, 2.45) is 0 Å². The van der Waals surface area contributed by atoms with Crippen molar-refractivity contribution in [3.05, 3.63) is 70.8 Å². The van der Waals surface area contributed by atoms with Gasteiger partial charge >= 0.3 is 0 Å². The van der Waals surface area contributed by atoms with Gasteiger partial charge in [0.15, 0.2) is 0 Å². The maximum atomic E-state index is 11.9. The normalized spacial score (nSPS) is 10.8. The Bertz CT molecular complexity index is 639. The van der Waals surface area contributed by atoms with Gasteiger partial charge < -0.3 is 5.32 Å².